The summed E-state index contributed by atoms with van der Waals surface area (Å²) in [5, 5.41) is 0. The Morgan fingerprint density at radius 2 is 1.59 bits per heavy atom. The normalized spacial score (nSPS) is 14.1. The van der Waals surface area contributed by atoms with E-state index in [4.69, 9.17) is 14.2 Å². The molecule has 0 aromatic heterocycles. The van der Waals surface area contributed by atoms with Crippen LogP contribution in [0, 0.1) is 5.82 Å². The lowest BCUT2D eigenvalue weighted by molar-refractivity contribution is 0.108. The Morgan fingerprint density at radius 1 is 0.875 bits per heavy atom. The van der Waals surface area contributed by atoms with E-state index in [1.165, 1.54) is 24.3 Å². The smallest absolute Gasteiger partial charge is 0.415 e. The largest absolute Gasteiger partial charge is 0.493 e. The van der Waals surface area contributed by atoms with Gasteiger partial charge >= 0.3 is 6.09 Å². The fourth-order valence-corrected chi connectivity index (χ4v) is 3.55. The van der Waals surface area contributed by atoms with E-state index in [1.807, 2.05) is 42.5 Å². The van der Waals surface area contributed by atoms with E-state index in [9.17, 15) is 9.18 Å². The molecule has 7 heteroatoms. The number of ether oxygens (including phenoxy) is 3. The van der Waals surface area contributed by atoms with Gasteiger partial charge in [-0.3, -0.25) is 4.90 Å². The van der Waals surface area contributed by atoms with Crippen molar-refractivity contribution in [3.8, 4) is 23.0 Å². The molecule has 0 N–H and O–H groups in total. The highest BCUT2D eigenvalue weighted by Crippen LogP contribution is 2.31. The van der Waals surface area contributed by atoms with Crippen LogP contribution in [0.5, 0.6) is 23.0 Å². The summed E-state index contributed by atoms with van der Waals surface area (Å²) in [6, 6.07) is 20.9. The lowest BCUT2D eigenvalue weighted by Crippen LogP contribution is -2.49. The first kappa shape index (κ1) is 21.6. The maximum absolute atomic E-state index is 13.0. The second-order valence-electron chi connectivity index (χ2n) is 7.49. The highest BCUT2D eigenvalue weighted by atomic mass is 19.1. The van der Waals surface area contributed by atoms with Gasteiger partial charge in [-0.2, -0.15) is 0 Å². The zero-order valence-corrected chi connectivity index (χ0v) is 17.9. The average Bonchev–Trinajstić information content (AvgIpc) is 2.81. The van der Waals surface area contributed by atoms with Crippen LogP contribution in [0.1, 0.15) is 5.56 Å². The van der Waals surface area contributed by atoms with Crippen molar-refractivity contribution in [1.29, 1.82) is 0 Å². The average molecular weight is 436 g/mol. The first-order valence-corrected chi connectivity index (χ1v) is 10.5. The predicted octanol–water partition coefficient (Wildman–Crippen LogP) is 4.94. The molecule has 166 valence electrons. The molecule has 6 nitrogen and oxygen atoms in total. The van der Waals surface area contributed by atoms with Gasteiger partial charge < -0.3 is 19.1 Å². The summed E-state index contributed by atoms with van der Waals surface area (Å²) >= 11 is 0. The van der Waals surface area contributed by atoms with Crippen molar-refractivity contribution in [3.63, 3.8) is 0 Å². The van der Waals surface area contributed by atoms with Crippen molar-refractivity contribution in [2.24, 2.45) is 0 Å². The van der Waals surface area contributed by atoms with E-state index >= 15 is 0 Å². The van der Waals surface area contributed by atoms with E-state index in [0.717, 1.165) is 30.9 Å². The number of nitrogens with zero attached hydrogens (tertiary/aromatic N) is 2. The molecule has 0 aliphatic carbocycles. The summed E-state index contributed by atoms with van der Waals surface area (Å²) in [6.07, 6.45) is -0.413. The van der Waals surface area contributed by atoms with Crippen LogP contribution in [0.25, 0.3) is 0 Å². The molecule has 1 heterocycles. The summed E-state index contributed by atoms with van der Waals surface area (Å²) in [5.74, 6) is 2.07. The molecule has 0 saturated carbocycles. The minimum atomic E-state index is -0.413. The number of halogens is 1. The van der Waals surface area contributed by atoms with Crippen molar-refractivity contribution in [1.82, 2.24) is 9.80 Å². The van der Waals surface area contributed by atoms with Gasteiger partial charge in [0.1, 0.15) is 17.3 Å². The monoisotopic (exact) mass is 436 g/mol. The van der Waals surface area contributed by atoms with Crippen molar-refractivity contribution >= 4 is 6.09 Å². The molecule has 1 fully saturated rings. The number of benzene rings is 3. The van der Waals surface area contributed by atoms with Gasteiger partial charge in [0, 0.05) is 32.7 Å². The van der Waals surface area contributed by atoms with Gasteiger partial charge in [-0.15, -0.1) is 0 Å². The van der Waals surface area contributed by atoms with Gasteiger partial charge in [0.15, 0.2) is 11.5 Å². The molecule has 0 atom stereocenters. The van der Waals surface area contributed by atoms with Crippen molar-refractivity contribution < 1.29 is 23.4 Å². The number of piperazine rings is 1. The van der Waals surface area contributed by atoms with Crippen molar-refractivity contribution in [2.45, 2.75) is 6.54 Å². The Balaban J connectivity index is 1.30. The number of carbonyl (C=O) groups excluding carboxylic acids is 1. The van der Waals surface area contributed by atoms with Gasteiger partial charge in [-0.25, -0.2) is 9.18 Å². The molecule has 0 bridgehead atoms. The number of rotatable bonds is 6. The second kappa shape index (κ2) is 10.2. The number of hydrogen-bond donors (Lipinski definition) is 0. The zero-order valence-electron chi connectivity index (χ0n) is 17.9. The third-order valence-electron chi connectivity index (χ3n) is 5.25. The van der Waals surface area contributed by atoms with Crippen molar-refractivity contribution in [3.05, 3.63) is 84.2 Å². The van der Waals surface area contributed by atoms with Crippen LogP contribution in [0.15, 0.2) is 72.8 Å². The minimum absolute atomic E-state index is 0.339. The summed E-state index contributed by atoms with van der Waals surface area (Å²) in [6.45, 7) is 3.35. The van der Waals surface area contributed by atoms with E-state index in [1.54, 1.807) is 12.0 Å². The van der Waals surface area contributed by atoms with Gasteiger partial charge in [-0.05, 0) is 54.1 Å². The van der Waals surface area contributed by atoms with Crippen LogP contribution in [-0.4, -0.2) is 49.2 Å². The fraction of sp³-hybridized carbons (Fsp3) is 0.240. The van der Waals surface area contributed by atoms with Crippen LogP contribution in [0.4, 0.5) is 9.18 Å². The summed E-state index contributed by atoms with van der Waals surface area (Å²) < 4.78 is 29.7. The quantitative estimate of drug-likeness (QED) is 0.548. The number of amides is 1. The third-order valence-corrected chi connectivity index (χ3v) is 5.25. The van der Waals surface area contributed by atoms with E-state index < -0.39 is 6.09 Å². The number of methoxy groups -OCH3 is 1. The van der Waals surface area contributed by atoms with Crippen LogP contribution < -0.4 is 14.2 Å². The van der Waals surface area contributed by atoms with Crippen LogP contribution in [0.2, 0.25) is 0 Å². The SMILES string of the molecule is COc1ccccc1Oc1cccc(CN2CCN(C(=O)Oc3ccc(F)cc3)CC2)c1. The fourth-order valence-electron chi connectivity index (χ4n) is 3.55. The van der Waals surface area contributed by atoms with Gasteiger partial charge in [0.25, 0.3) is 0 Å². The molecule has 32 heavy (non-hydrogen) atoms. The summed E-state index contributed by atoms with van der Waals surface area (Å²) in [5.41, 5.74) is 1.12. The van der Waals surface area contributed by atoms with Gasteiger partial charge in [-0.1, -0.05) is 24.3 Å². The second-order valence-corrected chi connectivity index (χ2v) is 7.49. The first-order chi connectivity index (χ1) is 15.6. The Labute approximate surface area is 186 Å². The lowest BCUT2D eigenvalue weighted by Gasteiger charge is -2.34. The van der Waals surface area contributed by atoms with Crippen LogP contribution in [-0.2, 0) is 6.54 Å². The van der Waals surface area contributed by atoms with Crippen LogP contribution >= 0.6 is 0 Å². The molecule has 1 amide bonds. The molecule has 0 radical (unpaired) electrons. The Hall–Kier alpha value is -3.58. The molecule has 4 rings (SSSR count). The summed E-state index contributed by atoms with van der Waals surface area (Å²) in [7, 11) is 1.62. The Morgan fingerprint density at radius 3 is 2.31 bits per heavy atom. The molecule has 1 aliphatic heterocycles. The molecular weight excluding hydrogens is 411 g/mol. The van der Waals surface area contributed by atoms with E-state index in [-0.39, 0.29) is 5.82 Å². The molecular formula is C25H25FN2O4. The zero-order chi connectivity index (χ0) is 22.3. The molecule has 0 spiro atoms. The maximum atomic E-state index is 13.0. The van der Waals surface area contributed by atoms with Gasteiger partial charge in [0.05, 0.1) is 7.11 Å². The van der Waals surface area contributed by atoms with Crippen LogP contribution in [0.3, 0.4) is 0 Å². The Kier molecular flexibility index (Phi) is 6.87. The molecule has 1 aliphatic rings. The number of carbonyl (C=O) groups is 1. The number of para-hydroxylation sites is 2. The van der Waals surface area contributed by atoms with Crippen molar-refractivity contribution in [2.75, 3.05) is 33.3 Å². The lowest BCUT2D eigenvalue weighted by atomic mass is 10.2. The third kappa shape index (κ3) is 5.56. The molecule has 0 unspecified atom stereocenters. The Bertz CT molecular complexity index is 1050. The first-order valence-electron chi connectivity index (χ1n) is 10.5. The molecule has 1 saturated heterocycles. The molecule has 3 aromatic rings. The van der Waals surface area contributed by atoms with E-state index in [0.29, 0.717) is 30.3 Å². The molecule has 3 aromatic carbocycles. The maximum Gasteiger partial charge on any atom is 0.415 e. The standard InChI is InChI=1S/C25H25FN2O4/c1-30-23-7-2-3-8-24(23)31-22-6-4-5-19(17-22)18-27-13-15-28(16-14-27)25(29)32-21-11-9-20(26)10-12-21/h2-12,17H,13-16,18H2,1H3. The number of hydrogen-bond acceptors (Lipinski definition) is 5. The highest BCUT2D eigenvalue weighted by molar-refractivity contribution is 5.70. The minimum Gasteiger partial charge on any atom is -0.493 e. The van der Waals surface area contributed by atoms with Gasteiger partial charge in [0.2, 0.25) is 0 Å². The van der Waals surface area contributed by atoms with E-state index in [2.05, 4.69) is 11.0 Å². The predicted molar refractivity (Wildman–Crippen MR) is 119 cm³/mol. The highest BCUT2D eigenvalue weighted by Gasteiger charge is 2.22. The topological polar surface area (TPSA) is 51.2 Å². The summed E-state index contributed by atoms with van der Waals surface area (Å²) in [4.78, 5) is 16.3.